The van der Waals surface area contributed by atoms with E-state index in [-0.39, 0.29) is 0 Å². The molecule has 1 heterocycles. The Bertz CT molecular complexity index is 476. The highest BCUT2D eigenvalue weighted by Crippen LogP contribution is 2.21. The predicted molar refractivity (Wildman–Crippen MR) is 83.7 cm³/mol. The molecule has 5 heteroatoms. The van der Waals surface area contributed by atoms with Crippen molar-refractivity contribution in [3.8, 4) is 0 Å². The summed E-state index contributed by atoms with van der Waals surface area (Å²) < 4.78 is 26.2. The molecule has 0 spiro atoms. The Labute approximate surface area is 131 Å². The van der Waals surface area contributed by atoms with Crippen molar-refractivity contribution in [3.63, 3.8) is 0 Å². The van der Waals surface area contributed by atoms with Crippen LogP contribution in [0.3, 0.4) is 0 Å². The number of hydrogen-bond donors (Lipinski definition) is 1. The summed E-state index contributed by atoms with van der Waals surface area (Å²) in [5.74, 6) is -1.79. The van der Waals surface area contributed by atoms with Gasteiger partial charge in [0.25, 0.3) is 0 Å². The van der Waals surface area contributed by atoms with Crippen LogP contribution in [0.1, 0.15) is 37.9 Å². The van der Waals surface area contributed by atoms with Gasteiger partial charge in [0, 0.05) is 12.6 Å². The van der Waals surface area contributed by atoms with Crippen LogP contribution in [0.25, 0.3) is 0 Å². The zero-order valence-electron chi connectivity index (χ0n) is 13.4. The first-order valence-corrected chi connectivity index (χ1v) is 8.07. The summed E-state index contributed by atoms with van der Waals surface area (Å²) in [5.41, 5.74) is 0.425. The van der Waals surface area contributed by atoms with E-state index >= 15 is 0 Å². The zero-order chi connectivity index (χ0) is 16.1. The predicted octanol–water partition coefficient (Wildman–Crippen LogP) is 2.80. The molecule has 124 valence electrons. The van der Waals surface area contributed by atoms with Crippen molar-refractivity contribution in [2.24, 2.45) is 0 Å². The molecule has 0 aliphatic carbocycles. The molecule has 2 rings (SSSR count). The normalized spacial score (nSPS) is 18.8. The molecule has 0 aromatic heterocycles. The number of aliphatic hydroxyl groups is 1. The highest BCUT2D eigenvalue weighted by atomic mass is 19.2. The fourth-order valence-corrected chi connectivity index (χ4v) is 3.15. The van der Waals surface area contributed by atoms with Crippen LogP contribution in [0, 0.1) is 11.6 Å². The molecule has 1 aliphatic heterocycles. The van der Waals surface area contributed by atoms with Crippen molar-refractivity contribution in [1.29, 1.82) is 0 Å². The van der Waals surface area contributed by atoms with Gasteiger partial charge in [-0.2, -0.15) is 0 Å². The molecule has 22 heavy (non-hydrogen) atoms. The Morgan fingerprint density at radius 3 is 2.55 bits per heavy atom. The second-order valence-electron chi connectivity index (χ2n) is 6.20. The van der Waals surface area contributed by atoms with E-state index in [1.54, 1.807) is 0 Å². The SMILES string of the molecule is CCCN1CCC(N(C)CC(O)c2ccc(F)c(F)c2)CC1. The molecule has 0 radical (unpaired) electrons. The number of benzene rings is 1. The molecule has 0 amide bonds. The summed E-state index contributed by atoms with van der Waals surface area (Å²) in [6.07, 6.45) is 2.55. The van der Waals surface area contributed by atoms with Crippen molar-refractivity contribution in [2.45, 2.75) is 38.3 Å². The number of piperidine rings is 1. The molecule has 1 aliphatic rings. The Kier molecular flexibility index (Phi) is 6.29. The fraction of sp³-hybridized carbons (Fsp3) is 0.647. The summed E-state index contributed by atoms with van der Waals surface area (Å²) in [4.78, 5) is 4.60. The molecule has 1 fully saturated rings. The van der Waals surface area contributed by atoms with Crippen LogP contribution in [0.4, 0.5) is 8.78 Å². The van der Waals surface area contributed by atoms with Gasteiger partial charge in [-0.1, -0.05) is 13.0 Å². The summed E-state index contributed by atoms with van der Waals surface area (Å²) in [5, 5.41) is 10.2. The maximum Gasteiger partial charge on any atom is 0.159 e. The number of rotatable bonds is 6. The zero-order valence-corrected chi connectivity index (χ0v) is 13.4. The number of likely N-dealkylation sites (N-methyl/N-ethyl adjacent to an activating group) is 1. The lowest BCUT2D eigenvalue weighted by molar-refractivity contribution is 0.0734. The summed E-state index contributed by atoms with van der Waals surface area (Å²) in [6.45, 7) is 5.95. The third kappa shape index (κ3) is 4.48. The number of halogens is 2. The fourth-order valence-electron chi connectivity index (χ4n) is 3.15. The number of hydrogen-bond acceptors (Lipinski definition) is 3. The topological polar surface area (TPSA) is 26.7 Å². The molecule has 1 aromatic rings. The van der Waals surface area contributed by atoms with Crippen molar-refractivity contribution in [2.75, 3.05) is 33.2 Å². The monoisotopic (exact) mass is 312 g/mol. The first kappa shape index (κ1) is 17.3. The van der Waals surface area contributed by atoms with Crippen molar-refractivity contribution in [3.05, 3.63) is 35.4 Å². The number of likely N-dealkylation sites (tertiary alicyclic amines) is 1. The van der Waals surface area contributed by atoms with Gasteiger partial charge >= 0.3 is 0 Å². The molecular formula is C17H26F2N2O. The summed E-state index contributed by atoms with van der Waals surface area (Å²) in [7, 11) is 1.99. The highest BCUT2D eigenvalue weighted by Gasteiger charge is 2.24. The standard InChI is InChI=1S/C17H26F2N2O/c1-3-8-21-9-6-14(7-10-21)20(2)12-17(22)13-4-5-15(18)16(19)11-13/h4-5,11,14,17,22H,3,6-10,12H2,1-2H3. The Morgan fingerprint density at radius 2 is 1.95 bits per heavy atom. The highest BCUT2D eigenvalue weighted by molar-refractivity contribution is 5.20. The largest absolute Gasteiger partial charge is 0.387 e. The molecule has 1 aromatic carbocycles. The van der Waals surface area contributed by atoms with E-state index in [2.05, 4.69) is 16.7 Å². The molecule has 0 saturated carbocycles. The lowest BCUT2D eigenvalue weighted by Gasteiger charge is -2.37. The molecule has 3 nitrogen and oxygen atoms in total. The van der Waals surface area contributed by atoms with Gasteiger partial charge in [-0.05, 0) is 63.6 Å². The van der Waals surface area contributed by atoms with Crippen molar-refractivity contribution < 1.29 is 13.9 Å². The molecular weight excluding hydrogens is 286 g/mol. The average Bonchev–Trinajstić information content (AvgIpc) is 2.51. The Balaban J connectivity index is 1.86. The number of aliphatic hydroxyl groups excluding tert-OH is 1. The van der Waals surface area contributed by atoms with Crippen molar-refractivity contribution >= 4 is 0 Å². The van der Waals surface area contributed by atoms with Gasteiger partial charge < -0.3 is 14.9 Å². The van der Waals surface area contributed by atoms with Gasteiger partial charge in [0.1, 0.15) is 0 Å². The summed E-state index contributed by atoms with van der Waals surface area (Å²) >= 11 is 0. The first-order chi connectivity index (χ1) is 10.5. The Morgan fingerprint density at radius 1 is 1.27 bits per heavy atom. The molecule has 0 bridgehead atoms. The molecule has 1 N–H and O–H groups in total. The minimum Gasteiger partial charge on any atom is -0.387 e. The minimum absolute atomic E-state index is 0.425. The second-order valence-corrected chi connectivity index (χ2v) is 6.20. The van der Waals surface area contributed by atoms with Crippen LogP contribution in [-0.2, 0) is 0 Å². The van der Waals surface area contributed by atoms with E-state index in [0.717, 1.165) is 44.6 Å². The quantitative estimate of drug-likeness (QED) is 0.875. The van der Waals surface area contributed by atoms with Gasteiger partial charge in [-0.25, -0.2) is 8.78 Å². The van der Waals surface area contributed by atoms with E-state index in [1.165, 1.54) is 12.5 Å². The minimum atomic E-state index is -0.910. The van der Waals surface area contributed by atoms with Crippen LogP contribution < -0.4 is 0 Å². The van der Waals surface area contributed by atoms with E-state index in [0.29, 0.717) is 18.2 Å². The van der Waals surface area contributed by atoms with E-state index in [9.17, 15) is 13.9 Å². The summed E-state index contributed by atoms with van der Waals surface area (Å²) in [6, 6.07) is 4.03. The van der Waals surface area contributed by atoms with Crippen LogP contribution in [-0.4, -0.2) is 54.2 Å². The smallest absolute Gasteiger partial charge is 0.159 e. The number of nitrogens with zero attached hydrogens (tertiary/aromatic N) is 2. The van der Waals surface area contributed by atoms with Crippen LogP contribution in [0.2, 0.25) is 0 Å². The third-order valence-corrected chi connectivity index (χ3v) is 4.51. The lowest BCUT2D eigenvalue weighted by atomic mass is 10.0. The van der Waals surface area contributed by atoms with Gasteiger partial charge in [-0.15, -0.1) is 0 Å². The van der Waals surface area contributed by atoms with Gasteiger partial charge in [0.2, 0.25) is 0 Å². The first-order valence-electron chi connectivity index (χ1n) is 8.07. The lowest BCUT2D eigenvalue weighted by Crippen LogP contribution is -2.44. The third-order valence-electron chi connectivity index (χ3n) is 4.51. The second kappa shape index (κ2) is 7.99. The van der Waals surface area contributed by atoms with E-state index in [1.807, 2.05) is 7.05 Å². The van der Waals surface area contributed by atoms with Gasteiger partial charge in [0.15, 0.2) is 11.6 Å². The average molecular weight is 312 g/mol. The van der Waals surface area contributed by atoms with Crippen LogP contribution in [0.5, 0.6) is 0 Å². The molecule has 1 atom stereocenters. The molecule has 1 unspecified atom stereocenters. The Hall–Kier alpha value is -1.04. The molecule has 1 saturated heterocycles. The maximum atomic E-state index is 13.2. The van der Waals surface area contributed by atoms with Crippen molar-refractivity contribution in [1.82, 2.24) is 9.80 Å². The van der Waals surface area contributed by atoms with E-state index in [4.69, 9.17) is 0 Å². The van der Waals surface area contributed by atoms with Gasteiger partial charge in [-0.3, -0.25) is 0 Å². The van der Waals surface area contributed by atoms with Crippen LogP contribution >= 0.6 is 0 Å². The van der Waals surface area contributed by atoms with Crippen LogP contribution in [0.15, 0.2) is 18.2 Å². The van der Waals surface area contributed by atoms with Gasteiger partial charge in [0.05, 0.1) is 6.10 Å². The maximum absolute atomic E-state index is 13.2. The van der Waals surface area contributed by atoms with E-state index < -0.39 is 17.7 Å².